The summed E-state index contributed by atoms with van der Waals surface area (Å²) >= 11 is 4.09. The van der Waals surface area contributed by atoms with Gasteiger partial charge in [-0.15, -0.1) is 11.8 Å². The van der Waals surface area contributed by atoms with Crippen molar-refractivity contribution in [3.8, 4) is 0 Å². The lowest BCUT2D eigenvalue weighted by molar-refractivity contribution is 0.199. The first-order valence-corrected chi connectivity index (χ1v) is 8.70. The van der Waals surface area contributed by atoms with E-state index in [4.69, 9.17) is 4.74 Å². The van der Waals surface area contributed by atoms with Crippen LogP contribution >= 0.6 is 23.5 Å². The van der Waals surface area contributed by atoms with Gasteiger partial charge in [-0.05, 0) is 0 Å². The number of H-pyrrole nitrogens is 1. The third kappa shape index (κ3) is 4.41. The van der Waals surface area contributed by atoms with E-state index >= 15 is 0 Å². The molecule has 1 saturated heterocycles. The molecule has 0 spiro atoms. The van der Waals surface area contributed by atoms with Crippen LogP contribution in [0.25, 0.3) is 0 Å². The summed E-state index contributed by atoms with van der Waals surface area (Å²) in [5.74, 6) is 2.28. The minimum atomic E-state index is 0.504. The zero-order valence-corrected chi connectivity index (χ0v) is 13.4. The van der Waals surface area contributed by atoms with E-state index < -0.39 is 0 Å². The fourth-order valence-electron chi connectivity index (χ4n) is 1.95. The van der Waals surface area contributed by atoms with Gasteiger partial charge in [0.1, 0.15) is 5.82 Å². The molecule has 0 radical (unpaired) electrons. The first-order chi connectivity index (χ1) is 9.20. The zero-order chi connectivity index (χ0) is 13.7. The molecule has 1 aliphatic heterocycles. The summed E-state index contributed by atoms with van der Waals surface area (Å²) in [6, 6.07) is 0. The van der Waals surface area contributed by atoms with Crippen LogP contribution < -0.4 is 5.32 Å². The van der Waals surface area contributed by atoms with E-state index in [1.54, 1.807) is 7.11 Å². The number of methoxy groups -OCH3 is 1. The van der Waals surface area contributed by atoms with Gasteiger partial charge < -0.3 is 15.0 Å². The van der Waals surface area contributed by atoms with Crippen molar-refractivity contribution in [1.29, 1.82) is 0 Å². The van der Waals surface area contributed by atoms with E-state index in [2.05, 4.69) is 29.1 Å². The number of hydrogen-bond donors (Lipinski definition) is 2. The largest absolute Gasteiger partial charge is 0.383 e. The summed E-state index contributed by atoms with van der Waals surface area (Å²) in [6.45, 7) is 7.06. The van der Waals surface area contributed by atoms with E-state index in [1.807, 2.05) is 29.7 Å². The highest BCUT2D eigenvalue weighted by Gasteiger charge is 2.28. The Morgan fingerprint density at radius 1 is 1.47 bits per heavy atom. The summed E-state index contributed by atoms with van der Waals surface area (Å²) in [6.07, 6.45) is 1.95. The van der Waals surface area contributed by atoms with Crippen LogP contribution in [0.3, 0.4) is 0 Å². The Labute approximate surface area is 123 Å². The Hall–Kier alpha value is -0.170. The van der Waals surface area contributed by atoms with E-state index in [0.717, 1.165) is 42.2 Å². The van der Waals surface area contributed by atoms with Gasteiger partial charge in [-0.1, -0.05) is 13.8 Å². The standard InChI is InChI=1S/C13H23N3OS2/c1-9-10(2)19-12(8-18-9)13-15-7-11(16-13)6-14-4-5-17-3/h7,9-10,12,14H,4-6,8H2,1-3H3,(H,15,16). The molecule has 0 amide bonds. The highest BCUT2D eigenvalue weighted by molar-refractivity contribution is 8.07. The number of aromatic nitrogens is 2. The zero-order valence-electron chi connectivity index (χ0n) is 11.8. The lowest BCUT2D eigenvalue weighted by Crippen LogP contribution is -2.22. The van der Waals surface area contributed by atoms with Crippen molar-refractivity contribution in [2.45, 2.75) is 36.1 Å². The van der Waals surface area contributed by atoms with Gasteiger partial charge in [0.25, 0.3) is 0 Å². The molecule has 2 rings (SSSR count). The van der Waals surface area contributed by atoms with Gasteiger partial charge in [0.2, 0.25) is 0 Å². The number of thioether (sulfide) groups is 2. The Kier molecular flexibility index (Phi) is 6.06. The molecular weight excluding hydrogens is 278 g/mol. The first-order valence-electron chi connectivity index (χ1n) is 6.71. The second-order valence-corrected chi connectivity index (χ2v) is 7.83. The average Bonchev–Trinajstić information content (AvgIpc) is 2.87. The van der Waals surface area contributed by atoms with Crippen molar-refractivity contribution < 1.29 is 4.74 Å². The summed E-state index contributed by atoms with van der Waals surface area (Å²) in [7, 11) is 1.72. The van der Waals surface area contributed by atoms with Crippen molar-refractivity contribution in [2.24, 2.45) is 0 Å². The lowest BCUT2D eigenvalue weighted by atomic mass is 10.3. The molecule has 3 atom stereocenters. The number of hydrogen-bond acceptors (Lipinski definition) is 5. The maximum Gasteiger partial charge on any atom is 0.120 e. The molecule has 0 aliphatic carbocycles. The molecule has 108 valence electrons. The normalized spacial score (nSPS) is 27.6. The predicted octanol–water partition coefficient (Wildman–Crippen LogP) is 2.44. The van der Waals surface area contributed by atoms with Crippen LogP contribution in [-0.4, -0.2) is 46.5 Å². The van der Waals surface area contributed by atoms with Crippen molar-refractivity contribution in [3.05, 3.63) is 17.7 Å². The second-order valence-electron chi connectivity index (χ2n) is 4.83. The summed E-state index contributed by atoms with van der Waals surface area (Å²) in [4.78, 5) is 7.98. The molecule has 6 heteroatoms. The Bertz CT molecular complexity index is 386. The maximum atomic E-state index is 5.01. The third-order valence-corrected chi connectivity index (χ3v) is 6.70. The number of ether oxygens (including phenoxy) is 1. The van der Waals surface area contributed by atoms with Gasteiger partial charge in [0.05, 0.1) is 11.9 Å². The lowest BCUT2D eigenvalue weighted by Gasteiger charge is -2.30. The molecule has 0 aromatic carbocycles. The minimum absolute atomic E-state index is 0.504. The number of aromatic amines is 1. The molecule has 19 heavy (non-hydrogen) atoms. The molecular formula is C13H23N3OS2. The second kappa shape index (κ2) is 7.57. The van der Waals surface area contributed by atoms with Crippen LogP contribution in [-0.2, 0) is 11.3 Å². The molecule has 2 heterocycles. The summed E-state index contributed by atoms with van der Waals surface area (Å²) < 4.78 is 5.01. The topological polar surface area (TPSA) is 49.9 Å². The smallest absolute Gasteiger partial charge is 0.120 e. The fraction of sp³-hybridized carbons (Fsp3) is 0.769. The van der Waals surface area contributed by atoms with E-state index in [-0.39, 0.29) is 0 Å². The van der Waals surface area contributed by atoms with Crippen molar-refractivity contribution >= 4 is 23.5 Å². The van der Waals surface area contributed by atoms with E-state index in [9.17, 15) is 0 Å². The third-order valence-electron chi connectivity index (χ3n) is 3.30. The Morgan fingerprint density at radius 2 is 2.32 bits per heavy atom. The SMILES string of the molecule is COCCNCc1cnc(C2CSC(C)C(C)S2)[nH]1. The van der Waals surface area contributed by atoms with Crippen LogP contribution in [0.2, 0.25) is 0 Å². The number of rotatable bonds is 6. The van der Waals surface area contributed by atoms with Crippen molar-refractivity contribution in [2.75, 3.05) is 26.0 Å². The molecule has 3 unspecified atom stereocenters. The number of imidazole rings is 1. The van der Waals surface area contributed by atoms with Crippen molar-refractivity contribution in [3.63, 3.8) is 0 Å². The monoisotopic (exact) mass is 301 g/mol. The summed E-state index contributed by atoms with van der Waals surface area (Å²) in [5, 5.41) is 5.26. The van der Waals surface area contributed by atoms with Crippen molar-refractivity contribution in [1.82, 2.24) is 15.3 Å². The highest BCUT2D eigenvalue weighted by Crippen LogP contribution is 2.43. The molecule has 0 saturated carbocycles. The van der Waals surface area contributed by atoms with Crippen LogP contribution in [0.15, 0.2) is 6.20 Å². The van der Waals surface area contributed by atoms with Crippen LogP contribution in [0.1, 0.15) is 30.6 Å². The molecule has 0 bridgehead atoms. The molecule has 1 aromatic heterocycles. The van der Waals surface area contributed by atoms with Gasteiger partial charge in [0.15, 0.2) is 0 Å². The fourth-order valence-corrected chi connectivity index (χ4v) is 4.83. The molecule has 1 fully saturated rings. The summed E-state index contributed by atoms with van der Waals surface area (Å²) in [5.41, 5.74) is 1.16. The molecule has 1 aromatic rings. The van der Waals surface area contributed by atoms with Gasteiger partial charge in [-0.2, -0.15) is 11.8 Å². The molecule has 2 N–H and O–H groups in total. The van der Waals surface area contributed by atoms with Gasteiger partial charge in [0, 0.05) is 48.3 Å². The van der Waals surface area contributed by atoms with E-state index in [0.29, 0.717) is 10.5 Å². The Balaban J connectivity index is 1.83. The first kappa shape index (κ1) is 15.2. The minimum Gasteiger partial charge on any atom is -0.383 e. The molecule has 4 nitrogen and oxygen atoms in total. The van der Waals surface area contributed by atoms with E-state index in [1.165, 1.54) is 0 Å². The average molecular weight is 301 g/mol. The predicted molar refractivity (Wildman–Crippen MR) is 83.9 cm³/mol. The van der Waals surface area contributed by atoms with Gasteiger partial charge in [-0.3, -0.25) is 0 Å². The van der Waals surface area contributed by atoms with Gasteiger partial charge in [-0.25, -0.2) is 4.98 Å². The molecule has 1 aliphatic rings. The number of nitrogens with zero attached hydrogens (tertiary/aromatic N) is 1. The van der Waals surface area contributed by atoms with Crippen LogP contribution in [0.4, 0.5) is 0 Å². The van der Waals surface area contributed by atoms with Gasteiger partial charge >= 0.3 is 0 Å². The maximum absolute atomic E-state index is 5.01. The number of nitrogens with one attached hydrogen (secondary N) is 2. The van der Waals surface area contributed by atoms with Crippen LogP contribution in [0, 0.1) is 0 Å². The highest BCUT2D eigenvalue weighted by atomic mass is 32.2. The quantitative estimate of drug-likeness (QED) is 0.791. The van der Waals surface area contributed by atoms with Crippen LogP contribution in [0.5, 0.6) is 0 Å². The Morgan fingerprint density at radius 3 is 3.05 bits per heavy atom.